The van der Waals surface area contributed by atoms with Crippen molar-refractivity contribution in [2.45, 2.75) is 24.7 Å². The fourth-order valence-electron chi connectivity index (χ4n) is 4.25. The monoisotopic (exact) mass is 583 g/mol. The number of hydrogen-bond acceptors (Lipinski definition) is 8. The number of rotatable bonds is 12. The molecule has 0 bridgehead atoms. The summed E-state index contributed by atoms with van der Waals surface area (Å²) in [5, 5.41) is 8.81. The molecule has 0 saturated carbocycles. The zero-order valence-corrected chi connectivity index (χ0v) is 24.2. The maximum Gasteiger partial charge on any atom is 0.338 e. The highest BCUT2D eigenvalue weighted by molar-refractivity contribution is 7.89. The Labute approximate surface area is 246 Å². The molecular weight excluding hydrogens is 550 g/mol. The molecule has 0 saturated heterocycles. The maximum absolute atomic E-state index is 13.3. The van der Waals surface area contributed by atoms with E-state index in [4.69, 9.17) is 15.7 Å². The number of ether oxygens (including phenoxy) is 1. The van der Waals surface area contributed by atoms with Gasteiger partial charge in [-0.1, -0.05) is 78.4 Å². The Balaban J connectivity index is 1.74. The van der Waals surface area contributed by atoms with Crippen LogP contribution in [0.5, 0.6) is 0 Å². The van der Waals surface area contributed by atoms with E-state index in [9.17, 15) is 13.2 Å². The van der Waals surface area contributed by atoms with E-state index in [-0.39, 0.29) is 18.0 Å². The largest absolute Gasteiger partial charge is 0.462 e. The van der Waals surface area contributed by atoms with Crippen LogP contribution in [-0.2, 0) is 14.8 Å². The second-order valence-electron chi connectivity index (χ2n) is 9.38. The molecule has 0 heterocycles. The van der Waals surface area contributed by atoms with Crippen molar-refractivity contribution >= 4 is 33.1 Å². The van der Waals surface area contributed by atoms with Gasteiger partial charge in [0.15, 0.2) is 0 Å². The molecule has 4 N–H and O–H groups in total. The minimum Gasteiger partial charge on any atom is -0.462 e. The number of benzene rings is 4. The Morgan fingerprint density at radius 3 is 2.07 bits per heavy atom. The van der Waals surface area contributed by atoms with Crippen molar-refractivity contribution in [2.24, 2.45) is 16.0 Å². The van der Waals surface area contributed by atoms with Crippen molar-refractivity contribution in [3.63, 3.8) is 0 Å². The average molecular weight is 584 g/mol. The second kappa shape index (κ2) is 14.2. The molecule has 1 atom stereocenters. The molecular formula is C32H33N5O4S. The number of nitrogens with two attached hydrogens (primary N) is 1. The van der Waals surface area contributed by atoms with Crippen molar-refractivity contribution in [1.82, 2.24) is 4.72 Å². The number of sulfonamides is 1. The highest BCUT2D eigenvalue weighted by atomic mass is 32.2. The van der Waals surface area contributed by atoms with Crippen molar-refractivity contribution in [1.29, 1.82) is 0 Å². The summed E-state index contributed by atoms with van der Waals surface area (Å²) >= 11 is 0. The lowest BCUT2D eigenvalue weighted by Gasteiger charge is -2.22. The summed E-state index contributed by atoms with van der Waals surface area (Å²) < 4.78 is 34.3. The van der Waals surface area contributed by atoms with Gasteiger partial charge in [-0.05, 0) is 55.8 Å². The van der Waals surface area contributed by atoms with E-state index in [0.29, 0.717) is 28.2 Å². The van der Waals surface area contributed by atoms with Crippen molar-refractivity contribution in [3.8, 4) is 0 Å². The van der Waals surface area contributed by atoms with Crippen LogP contribution in [0.25, 0.3) is 0 Å². The van der Waals surface area contributed by atoms with E-state index in [0.717, 1.165) is 11.1 Å². The van der Waals surface area contributed by atoms with Crippen molar-refractivity contribution in [2.75, 3.05) is 18.6 Å². The minimum absolute atomic E-state index is 0.0195. The highest BCUT2D eigenvalue weighted by Crippen LogP contribution is 2.23. The molecule has 4 aromatic carbocycles. The zero-order chi connectivity index (χ0) is 30.0. The minimum atomic E-state index is -3.84. The summed E-state index contributed by atoms with van der Waals surface area (Å²) in [5.74, 6) is 4.95. The molecule has 0 spiro atoms. The molecule has 42 heavy (non-hydrogen) atoms. The first-order chi connectivity index (χ1) is 20.3. The predicted octanol–water partition coefficient (Wildman–Crippen LogP) is 5.06. The third-order valence-electron chi connectivity index (χ3n) is 6.46. The SMILES string of the molecule is CCOC(=O)c1ccc(N/N=C(\C(=N\N)c2ccccc2)[C@@H](CNS(=O)(=O)c2ccc(C)cc2)c2ccccc2)cc1. The van der Waals surface area contributed by atoms with Gasteiger partial charge in [0, 0.05) is 18.0 Å². The van der Waals surface area contributed by atoms with E-state index >= 15 is 0 Å². The van der Waals surface area contributed by atoms with Gasteiger partial charge in [-0.2, -0.15) is 10.2 Å². The number of hydrazone groups is 2. The Kier molecular flexibility index (Phi) is 10.2. The van der Waals surface area contributed by atoms with E-state index < -0.39 is 21.9 Å². The topological polar surface area (TPSA) is 135 Å². The summed E-state index contributed by atoms with van der Waals surface area (Å²) in [6, 6.07) is 32.0. The van der Waals surface area contributed by atoms with Crippen LogP contribution in [0.3, 0.4) is 0 Å². The standard InChI is InChI=1S/C32H33N5O4S/c1-3-41-32(38)26-16-18-27(19-17-26)36-37-31(30(35-33)25-12-8-5-9-13-25)29(24-10-6-4-7-11-24)22-34-42(39,40)28-20-14-23(2)15-21-28/h4-21,29,34,36H,3,22,33H2,1-2H3/b35-30+,37-31-/t29-/m0/s1. The predicted molar refractivity (Wildman–Crippen MR) is 166 cm³/mol. The molecule has 216 valence electrons. The number of aryl methyl sites for hydroxylation is 1. The van der Waals surface area contributed by atoms with Crippen molar-refractivity contribution in [3.05, 3.63) is 131 Å². The molecule has 0 unspecified atom stereocenters. The van der Waals surface area contributed by atoms with Crippen LogP contribution in [0.1, 0.15) is 39.9 Å². The zero-order valence-electron chi connectivity index (χ0n) is 23.4. The molecule has 10 heteroatoms. The Hall–Kier alpha value is -4.80. The normalized spacial score (nSPS) is 12.9. The van der Waals surface area contributed by atoms with Crippen LogP contribution in [0.4, 0.5) is 5.69 Å². The van der Waals surface area contributed by atoms with E-state index in [1.807, 2.05) is 67.6 Å². The molecule has 0 radical (unpaired) electrons. The first-order valence-corrected chi connectivity index (χ1v) is 14.9. The fourth-order valence-corrected chi connectivity index (χ4v) is 5.30. The molecule has 0 aromatic heterocycles. The van der Waals surface area contributed by atoms with E-state index in [1.165, 1.54) is 0 Å². The summed E-state index contributed by atoms with van der Waals surface area (Å²) in [7, 11) is -3.84. The number of carbonyl (C=O) groups is 1. The molecule has 4 rings (SSSR count). The Morgan fingerprint density at radius 2 is 1.48 bits per heavy atom. The smallest absolute Gasteiger partial charge is 0.338 e. The molecule has 0 aliphatic heterocycles. The second-order valence-corrected chi connectivity index (χ2v) is 11.1. The molecule has 0 aliphatic rings. The first kappa shape index (κ1) is 30.2. The summed E-state index contributed by atoms with van der Waals surface area (Å²) in [6.07, 6.45) is 0. The van der Waals surface area contributed by atoms with Crippen molar-refractivity contribution < 1.29 is 17.9 Å². The lowest BCUT2D eigenvalue weighted by atomic mass is 9.89. The lowest BCUT2D eigenvalue weighted by Crippen LogP contribution is -2.36. The summed E-state index contributed by atoms with van der Waals surface area (Å²) in [5.41, 5.74) is 7.31. The first-order valence-electron chi connectivity index (χ1n) is 13.4. The van der Waals surface area contributed by atoms with Gasteiger partial charge in [0.05, 0.1) is 28.5 Å². The van der Waals surface area contributed by atoms with Gasteiger partial charge in [-0.15, -0.1) is 0 Å². The van der Waals surface area contributed by atoms with Crippen LogP contribution >= 0.6 is 0 Å². The molecule has 0 amide bonds. The Morgan fingerprint density at radius 1 is 0.857 bits per heavy atom. The van der Waals surface area contributed by atoms with Gasteiger partial charge in [0.25, 0.3) is 0 Å². The van der Waals surface area contributed by atoms with Gasteiger partial charge >= 0.3 is 5.97 Å². The fraction of sp³-hybridized carbons (Fsp3) is 0.156. The van der Waals surface area contributed by atoms with Gasteiger partial charge in [-0.25, -0.2) is 17.9 Å². The van der Waals surface area contributed by atoms with Crippen LogP contribution < -0.4 is 16.0 Å². The van der Waals surface area contributed by atoms with Crippen LogP contribution in [-0.4, -0.2) is 39.0 Å². The van der Waals surface area contributed by atoms with E-state index in [1.54, 1.807) is 55.5 Å². The van der Waals surface area contributed by atoms with Gasteiger partial charge in [0.1, 0.15) is 5.71 Å². The molecule has 0 fully saturated rings. The van der Waals surface area contributed by atoms with Gasteiger partial charge in [0.2, 0.25) is 10.0 Å². The average Bonchev–Trinajstić information content (AvgIpc) is 3.01. The number of nitrogens with zero attached hydrogens (tertiary/aromatic N) is 2. The number of esters is 1. The molecule has 9 nitrogen and oxygen atoms in total. The number of nitrogens with one attached hydrogen (secondary N) is 2. The third kappa shape index (κ3) is 7.68. The quantitative estimate of drug-likeness (QED) is 0.0923. The maximum atomic E-state index is 13.3. The number of anilines is 1. The Bertz CT molecular complexity index is 1640. The lowest BCUT2D eigenvalue weighted by molar-refractivity contribution is 0.0526. The number of carbonyl (C=O) groups excluding carboxylic acids is 1. The summed E-state index contributed by atoms with van der Waals surface area (Å²) in [4.78, 5) is 12.2. The number of hydrogen-bond donors (Lipinski definition) is 3. The van der Waals surface area contributed by atoms with Gasteiger partial charge in [-0.3, -0.25) is 5.43 Å². The van der Waals surface area contributed by atoms with Crippen LogP contribution in [0, 0.1) is 6.92 Å². The highest BCUT2D eigenvalue weighted by Gasteiger charge is 2.27. The van der Waals surface area contributed by atoms with Crippen LogP contribution in [0.2, 0.25) is 0 Å². The van der Waals surface area contributed by atoms with Gasteiger partial charge < -0.3 is 10.6 Å². The molecule has 0 aliphatic carbocycles. The van der Waals surface area contributed by atoms with E-state index in [2.05, 4.69) is 15.2 Å². The molecule has 4 aromatic rings. The summed E-state index contributed by atoms with van der Waals surface area (Å²) in [6.45, 7) is 3.90. The third-order valence-corrected chi connectivity index (χ3v) is 7.90. The van der Waals surface area contributed by atoms with Crippen LogP contribution in [0.15, 0.2) is 124 Å².